The van der Waals surface area contributed by atoms with Crippen LogP contribution in [0.5, 0.6) is 0 Å². The number of nitrogens with zero attached hydrogens (tertiary/aromatic N) is 1. The van der Waals surface area contributed by atoms with Crippen LogP contribution in [0.4, 0.5) is 18.9 Å². The van der Waals surface area contributed by atoms with Crippen LogP contribution in [0.1, 0.15) is 12.5 Å². The van der Waals surface area contributed by atoms with E-state index in [1.807, 2.05) is 6.92 Å². The number of halogens is 3. The molecule has 0 spiro atoms. The third-order valence-corrected chi connectivity index (χ3v) is 2.50. The first-order valence-electron chi connectivity index (χ1n) is 5.21. The molecule has 6 heteroatoms. The number of rotatable bonds is 3. The van der Waals surface area contributed by atoms with Gasteiger partial charge in [-0.3, -0.25) is 0 Å². The molecule has 0 heterocycles. The molecular weight excluding hydrogens is 261 g/mol. The van der Waals surface area contributed by atoms with Crippen LogP contribution in [0.2, 0.25) is 0 Å². The van der Waals surface area contributed by atoms with E-state index in [0.29, 0.717) is 12.2 Å². The Morgan fingerprint density at radius 1 is 1.44 bits per heavy atom. The van der Waals surface area contributed by atoms with E-state index in [2.05, 4.69) is 0 Å². The molecule has 0 bridgehead atoms. The molecule has 0 atom stereocenters. The summed E-state index contributed by atoms with van der Waals surface area (Å²) >= 11 is 4.84. The Labute approximate surface area is 109 Å². The van der Waals surface area contributed by atoms with Crippen molar-refractivity contribution in [2.45, 2.75) is 13.1 Å². The summed E-state index contributed by atoms with van der Waals surface area (Å²) < 4.78 is 37.8. The van der Waals surface area contributed by atoms with Gasteiger partial charge >= 0.3 is 6.18 Å². The average molecular weight is 274 g/mol. The van der Waals surface area contributed by atoms with Crippen molar-refractivity contribution in [3.63, 3.8) is 0 Å². The van der Waals surface area contributed by atoms with Crippen LogP contribution in [-0.2, 0) is 6.18 Å². The summed E-state index contributed by atoms with van der Waals surface area (Å²) in [7, 11) is 0. The lowest BCUT2D eigenvalue weighted by Gasteiger charge is -2.22. The highest BCUT2D eigenvalue weighted by Crippen LogP contribution is 2.31. The smallest absolute Gasteiger partial charge is 0.376 e. The molecule has 0 aliphatic heterocycles. The number of thiocarbonyl (C=S) groups is 1. The van der Waals surface area contributed by atoms with E-state index in [9.17, 15) is 13.2 Å². The Bertz CT molecular complexity index is 455. The maximum atomic E-state index is 12.6. The van der Waals surface area contributed by atoms with Crippen LogP contribution in [0, 0.1) is 0 Å². The second kappa shape index (κ2) is 5.86. The van der Waals surface area contributed by atoms with E-state index in [-0.39, 0.29) is 5.11 Å². The number of allylic oxidation sites excluding steroid dienone is 1. The Morgan fingerprint density at radius 3 is 2.61 bits per heavy atom. The van der Waals surface area contributed by atoms with Crippen molar-refractivity contribution in [2.75, 3.05) is 11.4 Å². The van der Waals surface area contributed by atoms with E-state index in [1.165, 1.54) is 17.0 Å². The van der Waals surface area contributed by atoms with Crippen LogP contribution >= 0.6 is 12.2 Å². The molecule has 1 rings (SSSR count). The fourth-order valence-electron chi connectivity index (χ4n) is 1.38. The van der Waals surface area contributed by atoms with Gasteiger partial charge in [-0.15, -0.1) is 0 Å². The van der Waals surface area contributed by atoms with E-state index in [4.69, 9.17) is 18.0 Å². The summed E-state index contributed by atoms with van der Waals surface area (Å²) in [5.41, 5.74) is 5.12. The van der Waals surface area contributed by atoms with E-state index >= 15 is 0 Å². The molecule has 0 saturated carbocycles. The molecule has 0 aromatic heterocycles. The van der Waals surface area contributed by atoms with Crippen molar-refractivity contribution in [2.24, 2.45) is 5.73 Å². The Morgan fingerprint density at radius 2 is 2.11 bits per heavy atom. The molecule has 0 radical (unpaired) electrons. The fraction of sp³-hybridized carbons (Fsp3) is 0.250. The van der Waals surface area contributed by atoms with Crippen LogP contribution in [0.15, 0.2) is 36.4 Å². The second-order valence-electron chi connectivity index (χ2n) is 3.57. The van der Waals surface area contributed by atoms with Gasteiger partial charge < -0.3 is 10.6 Å². The van der Waals surface area contributed by atoms with Gasteiger partial charge in [0.25, 0.3) is 0 Å². The van der Waals surface area contributed by atoms with Crippen molar-refractivity contribution >= 4 is 23.0 Å². The van der Waals surface area contributed by atoms with Crippen molar-refractivity contribution in [1.29, 1.82) is 0 Å². The molecule has 0 aliphatic carbocycles. The maximum absolute atomic E-state index is 12.6. The molecule has 2 N–H and O–H groups in total. The number of nitrogens with two attached hydrogens (primary N) is 1. The molecule has 1 aromatic carbocycles. The summed E-state index contributed by atoms with van der Waals surface area (Å²) in [5, 5.41) is 0.0347. The van der Waals surface area contributed by atoms with Crippen molar-refractivity contribution < 1.29 is 13.2 Å². The Hall–Kier alpha value is -1.56. The minimum Gasteiger partial charge on any atom is -0.376 e. The van der Waals surface area contributed by atoms with Crippen LogP contribution < -0.4 is 10.6 Å². The summed E-state index contributed by atoms with van der Waals surface area (Å²) in [6.07, 6.45) is -0.837. The van der Waals surface area contributed by atoms with Gasteiger partial charge in [0.05, 0.1) is 5.56 Å². The lowest BCUT2D eigenvalue weighted by molar-refractivity contribution is -0.137. The Kier molecular flexibility index (Phi) is 4.72. The summed E-state index contributed by atoms with van der Waals surface area (Å²) in [6.45, 7) is 2.15. The lowest BCUT2D eigenvalue weighted by Crippen LogP contribution is -2.35. The highest BCUT2D eigenvalue weighted by Gasteiger charge is 2.30. The molecule has 0 unspecified atom stereocenters. The molecule has 0 saturated heterocycles. The molecule has 2 nitrogen and oxygen atoms in total. The van der Waals surface area contributed by atoms with Crippen molar-refractivity contribution in [3.8, 4) is 0 Å². The summed E-state index contributed by atoms with van der Waals surface area (Å²) in [5.74, 6) is 0. The van der Waals surface area contributed by atoms with Gasteiger partial charge in [-0.1, -0.05) is 18.2 Å². The molecular formula is C12H13F3N2S. The predicted octanol–water partition coefficient (Wildman–Crippen LogP) is 3.33. The standard InChI is InChI=1S/C12H13F3N2S/c1-2-3-7-17(11(16)18)10-6-4-5-9(8-10)12(13,14)15/h2-6,8H,7H2,1H3,(H2,16,18). The van der Waals surface area contributed by atoms with Gasteiger partial charge in [0, 0.05) is 12.2 Å². The van der Waals surface area contributed by atoms with Gasteiger partial charge in [-0.25, -0.2) is 0 Å². The summed E-state index contributed by atoms with van der Waals surface area (Å²) in [6, 6.07) is 4.91. The third kappa shape index (κ3) is 3.73. The highest BCUT2D eigenvalue weighted by atomic mass is 32.1. The van der Waals surface area contributed by atoms with E-state index < -0.39 is 11.7 Å². The zero-order valence-corrected chi connectivity index (χ0v) is 10.6. The van der Waals surface area contributed by atoms with Crippen LogP contribution in [0.3, 0.4) is 0 Å². The van der Waals surface area contributed by atoms with E-state index in [0.717, 1.165) is 12.1 Å². The molecule has 98 valence electrons. The highest BCUT2D eigenvalue weighted by molar-refractivity contribution is 7.80. The third-order valence-electron chi connectivity index (χ3n) is 2.27. The quantitative estimate of drug-likeness (QED) is 0.677. The Balaban J connectivity index is 3.09. The average Bonchev–Trinajstić information content (AvgIpc) is 2.28. The van der Waals surface area contributed by atoms with Gasteiger partial charge in [-0.2, -0.15) is 13.2 Å². The van der Waals surface area contributed by atoms with Gasteiger partial charge in [-0.05, 0) is 37.3 Å². The molecule has 0 fully saturated rings. The number of hydrogen-bond donors (Lipinski definition) is 1. The van der Waals surface area contributed by atoms with Crippen molar-refractivity contribution in [3.05, 3.63) is 42.0 Å². The molecule has 0 aliphatic rings. The summed E-state index contributed by atoms with van der Waals surface area (Å²) in [4.78, 5) is 1.44. The monoisotopic (exact) mass is 274 g/mol. The molecule has 18 heavy (non-hydrogen) atoms. The number of benzene rings is 1. The van der Waals surface area contributed by atoms with E-state index in [1.54, 1.807) is 12.2 Å². The van der Waals surface area contributed by atoms with Gasteiger partial charge in [0.2, 0.25) is 0 Å². The number of hydrogen-bond acceptors (Lipinski definition) is 1. The predicted molar refractivity (Wildman–Crippen MR) is 70.4 cm³/mol. The van der Waals surface area contributed by atoms with Gasteiger partial charge in [0.1, 0.15) is 0 Å². The SMILES string of the molecule is CC=CCN(C(N)=S)c1cccc(C(F)(F)F)c1. The first-order valence-corrected chi connectivity index (χ1v) is 5.62. The normalized spacial score (nSPS) is 11.8. The second-order valence-corrected chi connectivity index (χ2v) is 3.98. The first kappa shape index (κ1) is 14.5. The topological polar surface area (TPSA) is 29.3 Å². The van der Waals surface area contributed by atoms with Crippen molar-refractivity contribution in [1.82, 2.24) is 0 Å². The number of anilines is 1. The van der Waals surface area contributed by atoms with Gasteiger partial charge in [0.15, 0.2) is 5.11 Å². The minimum atomic E-state index is -4.38. The fourth-order valence-corrected chi connectivity index (χ4v) is 1.56. The largest absolute Gasteiger partial charge is 0.416 e. The zero-order valence-electron chi connectivity index (χ0n) is 9.74. The zero-order chi connectivity index (χ0) is 13.8. The maximum Gasteiger partial charge on any atom is 0.416 e. The first-order chi connectivity index (χ1) is 8.36. The lowest BCUT2D eigenvalue weighted by atomic mass is 10.2. The van der Waals surface area contributed by atoms with Crippen LogP contribution in [-0.4, -0.2) is 11.7 Å². The molecule has 1 aromatic rings. The number of alkyl halides is 3. The van der Waals surface area contributed by atoms with Crippen LogP contribution in [0.25, 0.3) is 0 Å². The minimum absolute atomic E-state index is 0.0347. The molecule has 0 amide bonds.